The molecule has 0 radical (unpaired) electrons. The van der Waals surface area contributed by atoms with Gasteiger partial charge in [-0.15, -0.1) is 0 Å². The SMILES string of the molecule is COc1ccc([C@H](O)[C@H](C)[C@H](N)c2ccco2)cc1. The number of rotatable bonds is 5. The second-order valence-electron chi connectivity index (χ2n) is 4.62. The minimum atomic E-state index is -0.647. The molecule has 0 saturated carbocycles. The largest absolute Gasteiger partial charge is 0.497 e. The van der Waals surface area contributed by atoms with Gasteiger partial charge in [-0.25, -0.2) is 0 Å². The van der Waals surface area contributed by atoms with E-state index in [0.29, 0.717) is 5.76 Å². The first-order chi connectivity index (χ1) is 9.13. The highest BCUT2D eigenvalue weighted by atomic mass is 16.5. The van der Waals surface area contributed by atoms with Gasteiger partial charge in [0.2, 0.25) is 0 Å². The van der Waals surface area contributed by atoms with Crippen molar-refractivity contribution in [1.82, 2.24) is 0 Å². The van der Waals surface area contributed by atoms with Gasteiger partial charge in [0.05, 0.1) is 25.5 Å². The van der Waals surface area contributed by atoms with Gasteiger partial charge in [0, 0.05) is 5.92 Å². The van der Waals surface area contributed by atoms with Crippen molar-refractivity contribution in [3.05, 3.63) is 54.0 Å². The minimum Gasteiger partial charge on any atom is -0.497 e. The Balaban J connectivity index is 2.11. The van der Waals surface area contributed by atoms with E-state index in [1.165, 1.54) is 0 Å². The molecule has 102 valence electrons. The smallest absolute Gasteiger partial charge is 0.120 e. The Morgan fingerprint density at radius 1 is 1.21 bits per heavy atom. The second-order valence-corrected chi connectivity index (χ2v) is 4.62. The standard InChI is InChI=1S/C15H19NO3/c1-10(14(16)13-4-3-9-19-13)15(17)11-5-7-12(18-2)8-6-11/h3-10,14-15,17H,16H2,1-2H3/t10-,14+,15-/m1/s1. The van der Waals surface area contributed by atoms with E-state index in [1.807, 2.05) is 37.3 Å². The first-order valence-corrected chi connectivity index (χ1v) is 6.24. The molecule has 2 aromatic rings. The number of hydrogen-bond donors (Lipinski definition) is 2. The fourth-order valence-electron chi connectivity index (χ4n) is 2.04. The predicted molar refractivity (Wildman–Crippen MR) is 72.8 cm³/mol. The number of methoxy groups -OCH3 is 1. The van der Waals surface area contributed by atoms with E-state index < -0.39 is 6.10 Å². The Morgan fingerprint density at radius 2 is 1.89 bits per heavy atom. The van der Waals surface area contributed by atoms with Crippen molar-refractivity contribution >= 4 is 0 Å². The number of furan rings is 1. The summed E-state index contributed by atoms with van der Waals surface area (Å²) in [4.78, 5) is 0. The molecule has 0 saturated heterocycles. The highest BCUT2D eigenvalue weighted by Crippen LogP contribution is 2.31. The van der Waals surface area contributed by atoms with E-state index >= 15 is 0 Å². The van der Waals surface area contributed by atoms with Crippen LogP contribution >= 0.6 is 0 Å². The van der Waals surface area contributed by atoms with E-state index in [1.54, 1.807) is 19.4 Å². The summed E-state index contributed by atoms with van der Waals surface area (Å²) in [7, 11) is 1.61. The quantitative estimate of drug-likeness (QED) is 0.868. The van der Waals surface area contributed by atoms with Crippen LogP contribution in [-0.4, -0.2) is 12.2 Å². The number of benzene rings is 1. The Bertz CT molecular complexity index is 493. The molecule has 0 spiro atoms. The average molecular weight is 261 g/mol. The van der Waals surface area contributed by atoms with Gasteiger partial charge in [0.15, 0.2) is 0 Å². The van der Waals surface area contributed by atoms with Crippen molar-refractivity contribution in [2.45, 2.75) is 19.1 Å². The van der Waals surface area contributed by atoms with Crippen molar-refractivity contribution < 1.29 is 14.3 Å². The second kappa shape index (κ2) is 5.91. The van der Waals surface area contributed by atoms with Crippen molar-refractivity contribution in [1.29, 1.82) is 0 Å². The third-order valence-electron chi connectivity index (χ3n) is 3.39. The van der Waals surface area contributed by atoms with E-state index in [9.17, 15) is 5.11 Å². The predicted octanol–water partition coefficient (Wildman–Crippen LogP) is 2.66. The van der Waals surface area contributed by atoms with Gasteiger partial charge in [-0.2, -0.15) is 0 Å². The Kier molecular flexibility index (Phi) is 4.24. The summed E-state index contributed by atoms with van der Waals surface area (Å²) in [5.41, 5.74) is 6.91. The molecular weight excluding hydrogens is 242 g/mol. The summed E-state index contributed by atoms with van der Waals surface area (Å²) in [5.74, 6) is 1.29. The lowest BCUT2D eigenvalue weighted by molar-refractivity contribution is 0.0977. The maximum atomic E-state index is 10.4. The molecule has 0 aliphatic carbocycles. The molecule has 1 heterocycles. The maximum Gasteiger partial charge on any atom is 0.120 e. The van der Waals surface area contributed by atoms with Crippen LogP contribution < -0.4 is 10.5 Å². The number of aliphatic hydroxyl groups is 1. The van der Waals surface area contributed by atoms with E-state index in [0.717, 1.165) is 11.3 Å². The van der Waals surface area contributed by atoms with Crippen molar-refractivity contribution in [2.75, 3.05) is 7.11 Å². The third-order valence-corrected chi connectivity index (χ3v) is 3.39. The number of hydrogen-bond acceptors (Lipinski definition) is 4. The van der Waals surface area contributed by atoms with E-state index in [2.05, 4.69) is 0 Å². The summed E-state index contributed by atoms with van der Waals surface area (Å²) >= 11 is 0. The molecule has 4 heteroatoms. The van der Waals surface area contributed by atoms with Crippen LogP contribution in [0.3, 0.4) is 0 Å². The van der Waals surface area contributed by atoms with Crippen LogP contribution in [0.25, 0.3) is 0 Å². The zero-order valence-electron chi connectivity index (χ0n) is 11.1. The first-order valence-electron chi connectivity index (χ1n) is 6.24. The lowest BCUT2D eigenvalue weighted by Crippen LogP contribution is -2.24. The molecule has 0 aliphatic heterocycles. The van der Waals surface area contributed by atoms with Crippen LogP contribution in [0.5, 0.6) is 5.75 Å². The summed E-state index contributed by atoms with van der Waals surface area (Å²) in [6, 6.07) is 10.6. The van der Waals surface area contributed by atoms with Crippen molar-refractivity contribution in [3.63, 3.8) is 0 Å². The van der Waals surface area contributed by atoms with Gasteiger partial charge < -0.3 is 20.0 Å². The molecular formula is C15H19NO3. The Morgan fingerprint density at radius 3 is 2.42 bits per heavy atom. The summed E-state index contributed by atoms with van der Waals surface area (Å²) in [5, 5.41) is 10.4. The van der Waals surface area contributed by atoms with Crippen LogP contribution in [0.4, 0.5) is 0 Å². The fourth-order valence-corrected chi connectivity index (χ4v) is 2.04. The van der Waals surface area contributed by atoms with Gasteiger partial charge in [-0.05, 0) is 29.8 Å². The molecule has 2 rings (SSSR count). The molecule has 0 aliphatic rings. The molecule has 4 nitrogen and oxygen atoms in total. The summed E-state index contributed by atoms with van der Waals surface area (Å²) < 4.78 is 10.4. The number of nitrogens with two attached hydrogens (primary N) is 1. The highest BCUT2D eigenvalue weighted by Gasteiger charge is 2.25. The molecule has 0 fully saturated rings. The zero-order valence-corrected chi connectivity index (χ0v) is 11.1. The Labute approximate surface area is 112 Å². The average Bonchev–Trinajstić information content (AvgIpc) is 2.99. The molecule has 0 amide bonds. The normalized spacial score (nSPS) is 15.8. The van der Waals surface area contributed by atoms with Crippen molar-refractivity contribution in [3.8, 4) is 5.75 Å². The zero-order chi connectivity index (χ0) is 13.8. The van der Waals surface area contributed by atoms with Crippen LogP contribution in [0.1, 0.15) is 30.4 Å². The van der Waals surface area contributed by atoms with Gasteiger partial charge in [-0.3, -0.25) is 0 Å². The molecule has 0 bridgehead atoms. The molecule has 1 aromatic heterocycles. The number of ether oxygens (including phenoxy) is 1. The summed E-state index contributed by atoms with van der Waals surface area (Å²) in [6.07, 6.45) is 0.938. The summed E-state index contributed by atoms with van der Waals surface area (Å²) in [6.45, 7) is 1.90. The van der Waals surface area contributed by atoms with Gasteiger partial charge >= 0.3 is 0 Å². The first kappa shape index (κ1) is 13.6. The third kappa shape index (κ3) is 2.97. The lowest BCUT2D eigenvalue weighted by atomic mass is 9.90. The number of aliphatic hydroxyl groups excluding tert-OH is 1. The van der Waals surface area contributed by atoms with E-state index in [4.69, 9.17) is 14.9 Å². The molecule has 3 N–H and O–H groups in total. The highest BCUT2D eigenvalue weighted by molar-refractivity contribution is 5.29. The monoisotopic (exact) mass is 261 g/mol. The van der Waals surface area contributed by atoms with Crippen LogP contribution in [0.15, 0.2) is 47.1 Å². The van der Waals surface area contributed by atoms with Crippen LogP contribution in [0.2, 0.25) is 0 Å². The molecule has 3 atom stereocenters. The molecule has 0 unspecified atom stereocenters. The van der Waals surface area contributed by atoms with Crippen molar-refractivity contribution in [2.24, 2.45) is 11.7 Å². The molecule has 19 heavy (non-hydrogen) atoms. The maximum absolute atomic E-state index is 10.4. The van der Waals surface area contributed by atoms with Crippen LogP contribution in [-0.2, 0) is 0 Å². The minimum absolute atomic E-state index is 0.153. The van der Waals surface area contributed by atoms with Gasteiger partial charge in [0.1, 0.15) is 11.5 Å². The van der Waals surface area contributed by atoms with Crippen LogP contribution in [0, 0.1) is 5.92 Å². The topological polar surface area (TPSA) is 68.6 Å². The molecule has 1 aromatic carbocycles. The van der Waals surface area contributed by atoms with E-state index in [-0.39, 0.29) is 12.0 Å². The lowest BCUT2D eigenvalue weighted by Gasteiger charge is -2.24. The Hall–Kier alpha value is -1.78. The van der Waals surface area contributed by atoms with Gasteiger partial charge in [-0.1, -0.05) is 19.1 Å². The fraction of sp³-hybridized carbons (Fsp3) is 0.333. The van der Waals surface area contributed by atoms with Gasteiger partial charge in [0.25, 0.3) is 0 Å².